The average Bonchev–Trinajstić information content (AvgIpc) is 3.12. The van der Waals surface area contributed by atoms with Gasteiger partial charge in [0, 0.05) is 43.0 Å². The third-order valence-corrected chi connectivity index (χ3v) is 3.73. The molecule has 0 amide bonds. The molecule has 2 aromatic rings. The number of H-pyrrole nitrogens is 1. The Morgan fingerprint density at radius 2 is 2.00 bits per heavy atom. The van der Waals surface area contributed by atoms with Gasteiger partial charge >= 0.3 is 12.1 Å². The molecular formula is C19H28F3N5O3. The monoisotopic (exact) mass is 431 g/mol. The molecule has 2 rings (SSSR count). The van der Waals surface area contributed by atoms with E-state index in [0.29, 0.717) is 18.4 Å². The highest BCUT2D eigenvalue weighted by molar-refractivity contribution is 5.73. The predicted octanol–water partition coefficient (Wildman–Crippen LogP) is 2.79. The van der Waals surface area contributed by atoms with Gasteiger partial charge in [0.05, 0.1) is 18.5 Å². The summed E-state index contributed by atoms with van der Waals surface area (Å²) in [5, 5.41) is 17.6. The fourth-order valence-corrected chi connectivity index (χ4v) is 2.22. The largest absolute Gasteiger partial charge is 0.490 e. The smallest absolute Gasteiger partial charge is 0.477 e. The highest BCUT2D eigenvalue weighted by Gasteiger charge is 2.38. The summed E-state index contributed by atoms with van der Waals surface area (Å²) in [7, 11) is 4.07. The molecule has 0 fully saturated rings. The summed E-state index contributed by atoms with van der Waals surface area (Å²) >= 11 is 0. The lowest BCUT2D eigenvalue weighted by Crippen LogP contribution is -2.26. The molecule has 0 unspecified atom stereocenters. The van der Waals surface area contributed by atoms with Crippen LogP contribution in [0.1, 0.15) is 19.4 Å². The van der Waals surface area contributed by atoms with Crippen molar-refractivity contribution in [3.05, 3.63) is 30.1 Å². The van der Waals surface area contributed by atoms with Gasteiger partial charge in [0.15, 0.2) is 0 Å². The Bertz CT molecular complexity index is 764. The number of halogens is 3. The molecule has 2 heterocycles. The second-order valence-electron chi connectivity index (χ2n) is 7.00. The number of aromatic nitrogens is 3. The van der Waals surface area contributed by atoms with E-state index < -0.39 is 12.1 Å². The first-order chi connectivity index (χ1) is 14.0. The van der Waals surface area contributed by atoms with E-state index >= 15 is 0 Å². The Kier molecular flexibility index (Phi) is 10.3. The number of ether oxygens (including phenoxy) is 1. The predicted molar refractivity (Wildman–Crippen MR) is 106 cm³/mol. The van der Waals surface area contributed by atoms with Gasteiger partial charge in [-0.1, -0.05) is 13.8 Å². The number of aliphatic carboxylic acids is 1. The fraction of sp³-hybridized carbons (Fsp3) is 0.526. The van der Waals surface area contributed by atoms with Crippen molar-refractivity contribution in [2.24, 2.45) is 5.92 Å². The number of hydrogen-bond acceptors (Lipinski definition) is 6. The number of carboxylic acids is 1. The van der Waals surface area contributed by atoms with E-state index in [1.54, 1.807) is 0 Å². The second-order valence-corrected chi connectivity index (χ2v) is 7.00. The number of likely N-dealkylation sites (N-methyl/N-ethyl adjacent to an activating group) is 2. The van der Waals surface area contributed by atoms with E-state index in [1.807, 2.05) is 31.6 Å². The Morgan fingerprint density at radius 3 is 2.50 bits per heavy atom. The van der Waals surface area contributed by atoms with E-state index in [0.717, 1.165) is 30.9 Å². The van der Waals surface area contributed by atoms with Crippen LogP contribution in [-0.2, 0) is 11.3 Å². The Balaban J connectivity index is 0.000000553. The van der Waals surface area contributed by atoms with E-state index in [4.69, 9.17) is 14.6 Å². The zero-order valence-electron chi connectivity index (χ0n) is 17.5. The summed E-state index contributed by atoms with van der Waals surface area (Å²) < 4.78 is 37.4. The van der Waals surface area contributed by atoms with Crippen molar-refractivity contribution in [3.63, 3.8) is 0 Å². The number of aromatic amines is 1. The molecule has 3 N–H and O–H groups in total. The van der Waals surface area contributed by atoms with Crippen molar-refractivity contribution in [1.82, 2.24) is 25.4 Å². The summed E-state index contributed by atoms with van der Waals surface area (Å²) in [5.41, 5.74) is 3.21. The zero-order chi connectivity index (χ0) is 22.7. The van der Waals surface area contributed by atoms with E-state index in [9.17, 15) is 13.2 Å². The number of nitrogens with one attached hydrogen (secondary N) is 2. The average molecular weight is 431 g/mol. The van der Waals surface area contributed by atoms with Crippen molar-refractivity contribution in [2.75, 3.05) is 33.8 Å². The molecule has 0 atom stereocenters. The Morgan fingerprint density at radius 1 is 1.33 bits per heavy atom. The van der Waals surface area contributed by atoms with E-state index in [-0.39, 0.29) is 0 Å². The normalized spacial score (nSPS) is 11.4. The van der Waals surface area contributed by atoms with Gasteiger partial charge in [-0.25, -0.2) is 9.78 Å². The van der Waals surface area contributed by atoms with Crippen molar-refractivity contribution < 1.29 is 27.8 Å². The van der Waals surface area contributed by atoms with Crippen LogP contribution in [0.25, 0.3) is 11.3 Å². The van der Waals surface area contributed by atoms with Crippen LogP contribution in [0.3, 0.4) is 0 Å². The third kappa shape index (κ3) is 9.23. The van der Waals surface area contributed by atoms with Gasteiger partial charge in [-0.2, -0.15) is 18.3 Å². The van der Waals surface area contributed by atoms with Gasteiger partial charge in [0.2, 0.25) is 5.88 Å². The summed E-state index contributed by atoms with van der Waals surface area (Å²) in [5.74, 6) is -1.61. The number of nitrogens with zero attached hydrogens (tertiary/aromatic N) is 3. The minimum atomic E-state index is -5.08. The molecular weight excluding hydrogens is 403 g/mol. The first-order valence-corrected chi connectivity index (χ1v) is 9.29. The van der Waals surface area contributed by atoms with Crippen LogP contribution in [0.4, 0.5) is 13.2 Å². The van der Waals surface area contributed by atoms with Crippen LogP contribution in [0.5, 0.6) is 5.88 Å². The van der Waals surface area contributed by atoms with Crippen LogP contribution in [0, 0.1) is 5.92 Å². The van der Waals surface area contributed by atoms with Gasteiger partial charge in [-0.05, 0) is 26.1 Å². The van der Waals surface area contributed by atoms with Crippen LogP contribution in [-0.4, -0.2) is 71.1 Å². The van der Waals surface area contributed by atoms with E-state index in [2.05, 4.69) is 46.3 Å². The van der Waals surface area contributed by atoms with Crippen molar-refractivity contribution >= 4 is 5.97 Å². The summed E-state index contributed by atoms with van der Waals surface area (Å²) in [6.07, 6.45) is -1.37. The molecule has 0 aliphatic rings. The number of hydrogen-bond donors (Lipinski definition) is 3. The van der Waals surface area contributed by atoms with Crippen molar-refractivity contribution in [2.45, 2.75) is 26.6 Å². The number of carbonyl (C=O) groups is 1. The maximum Gasteiger partial charge on any atom is 0.490 e. The third-order valence-electron chi connectivity index (χ3n) is 3.73. The highest BCUT2D eigenvalue weighted by Crippen LogP contribution is 2.23. The standard InChI is InChI=1S/C17H27N5O.C2HF3O2/c1-13(2)12-23-16-6-5-14(9-19-16)17-15(10-20-21-17)11-22(4)8-7-18-3;3-2(4,5)1(6)7/h5-6,9-10,13,18H,7-8,11-12H2,1-4H3,(H,20,21);(H,6,7). The lowest BCUT2D eigenvalue weighted by atomic mass is 10.1. The molecule has 0 saturated carbocycles. The van der Waals surface area contributed by atoms with E-state index in [1.165, 1.54) is 5.56 Å². The minimum absolute atomic E-state index is 0.490. The first kappa shape index (κ1) is 25.4. The zero-order valence-corrected chi connectivity index (χ0v) is 17.5. The van der Waals surface area contributed by atoms with Gasteiger partial charge in [-0.15, -0.1) is 0 Å². The second kappa shape index (κ2) is 12.1. The van der Waals surface area contributed by atoms with Gasteiger partial charge in [0.1, 0.15) is 0 Å². The molecule has 0 aromatic carbocycles. The molecule has 0 spiro atoms. The molecule has 11 heteroatoms. The number of alkyl halides is 3. The molecule has 0 radical (unpaired) electrons. The fourth-order valence-electron chi connectivity index (χ4n) is 2.22. The molecule has 0 bridgehead atoms. The first-order valence-electron chi connectivity index (χ1n) is 9.29. The summed E-state index contributed by atoms with van der Waals surface area (Å²) in [4.78, 5) is 15.5. The Hall–Kier alpha value is -2.66. The topological polar surface area (TPSA) is 103 Å². The van der Waals surface area contributed by atoms with Gasteiger partial charge < -0.3 is 20.1 Å². The molecule has 30 heavy (non-hydrogen) atoms. The van der Waals surface area contributed by atoms with Gasteiger partial charge in [0.25, 0.3) is 0 Å². The van der Waals surface area contributed by atoms with Crippen LogP contribution in [0.15, 0.2) is 24.5 Å². The molecule has 2 aromatic heterocycles. The maximum atomic E-state index is 10.6. The molecule has 168 valence electrons. The number of rotatable bonds is 9. The van der Waals surface area contributed by atoms with Crippen molar-refractivity contribution in [1.29, 1.82) is 0 Å². The van der Waals surface area contributed by atoms with Crippen LogP contribution >= 0.6 is 0 Å². The van der Waals surface area contributed by atoms with Gasteiger partial charge in [-0.3, -0.25) is 5.10 Å². The number of pyridine rings is 1. The lowest BCUT2D eigenvalue weighted by Gasteiger charge is -2.16. The molecule has 8 nitrogen and oxygen atoms in total. The lowest BCUT2D eigenvalue weighted by molar-refractivity contribution is -0.192. The number of carboxylic acid groups (broad SMARTS) is 1. The molecule has 0 aliphatic carbocycles. The minimum Gasteiger partial charge on any atom is -0.477 e. The van der Waals surface area contributed by atoms with Crippen molar-refractivity contribution in [3.8, 4) is 17.1 Å². The van der Waals surface area contributed by atoms with Crippen LogP contribution in [0.2, 0.25) is 0 Å². The maximum absolute atomic E-state index is 10.6. The Labute approximate surface area is 173 Å². The molecule has 0 aliphatic heterocycles. The summed E-state index contributed by atoms with van der Waals surface area (Å²) in [6.45, 7) is 7.72. The quantitative estimate of drug-likeness (QED) is 0.561. The highest BCUT2D eigenvalue weighted by atomic mass is 19.4. The summed E-state index contributed by atoms with van der Waals surface area (Å²) in [6, 6.07) is 3.93. The molecule has 0 saturated heterocycles. The SMILES string of the molecule is CNCCN(C)Cc1cn[nH]c1-c1ccc(OCC(C)C)nc1.O=C(O)C(F)(F)F. The van der Waals surface area contributed by atoms with Crippen LogP contribution < -0.4 is 10.1 Å².